The zero-order chi connectivity index (χ0) is 15.5. The SMILES string of the molecule is NC(c1ccc(F)c(C(F)(F)F)c1)C1CCCCCCC1. The molecule has 0 aromatic heterocycles. The Bertz CT molecular complexity index is 462. The molecule has 0 bridgehead atoms. The maximum absolute atomic E-state index is 13.3. The summed E-state index contributed by atoms with van der Waals surface area (Å²) in [4.78, 5) is 0. The Hall–Kier alpha value is -1.10. The molecule has 0 saturated heterocycles. The van der Waals surface area contributed by atoms with E-state index in [4.69, 9.17) is 5.73 Å². The lowest BCUT2D eigenvalue weighted by atomic mass is 9.83. The molecule has 1 atom stereocenters. The smallest absolute Gasteiger partial charge is 0.324 e. The molecule has 118 valence electrons. The molecule has 0 radical (unpaired) electrons. The third-order valence-corrected chi connectivity index (χ3v) is 4.34. The molecule has 0 amide bonds. The fraction of sp³-hybridized carbons (Fsp3) is 0.625. The highest BCUT2D eigenvalue weighted by Crippen LogP contribution is 2.36. The van der Waals surface area contributed by atoms with Crippen LogP contribution in [0.5, 0.6) is 0 Å². The van der Waals surface area contributed by atoms with E-state index in [9.17, 15) is 17.6 Å². The van der Waals surface area contributed by atoms with Crippen molar-refractivity contribution in [3.63, 3.8) is 0 Å². The lowest BCUT2D eigenvalue weighted by Gasteiger charge is -2.26. The van der Waals surface area contributed by atoms with Crippen LogP contribution in [0.25, 0.3) is 0 Å². The molecule has 5 heteroatoms. The van der Waals surface area contributed by atoms with Crippen LogP contribution in [-0.2, 0) is 6.18 Å². The van der Waals surface area contributed by atoms with Crippen LogP contribution in [0, 0.1) is 11.7 Å². The first kappa shape index (κ1) is 16.3. The Morgan fingerprint density at radius 2 is 1.57 bits per heavy atom. The molecule has 1 aliphatic rings. The maximum Gasteiger partial charge on any atom is 0.419 e. The first-order valence-electron chi connectivity index (χ1n) is 7.52. The van der Waals surface area contributed by atoms with E-state index in [0.717, 1.165) is 50.7 Å². The van der Waals surface area contributed by atoms with Crippen LogP contribution in [0.2, 0.25) is 0 Å². The number of nitrogens with two attached hydrogens (primary N) is 1. The predicted octanol–water partition coefficient (Wildman–Crippen LogP) is 5.20. The normalized spacial score (nSPS) is 19.9. The highest BCUT2D eigenvalue weighted by atomic mass is 19.4. The van der Waals surface area contributed by atoms with E-state index in [0.29, 0.717) is 5.56 Å². The molecule has 21 heavy (non-hydrogen) atoms. The summed E-state index contributed by atoms with van der Waals surface area (Å²) in [6.45, 7) is 0. The molecule has 1 unspecified atom stereocenters. The number of rotatable bonds is 2. The molecule has 1 saturated carbocycles. The molecule has 1 aromatic rings. The van der Waals surface area contributed by atoms with E-state index in [2.05, 4.69) is 0 Å². The van der Waals surface area contributed by atoms with Gasteiger partial charge in [0.1, 0.15) is 5.82 Å². The highest BCUT2D eigenvalue weighted by Gasteiger charge is 2.35. The van der Waals surface area contributed by atoms with E-state index in [1.807, 2.05) is 0 Å². The fourth-order valence-electron chi connectivity index (χ4n) is 3.09. The first-order chi connectivity index (χ1) is 9.89. The van der Waals surface area contributed by atoms with Gasteiger partial charge >= 0.3 is 6.18 Å². The second-order valence-electron chi connectivity index (χ2n) is 5.87. The number of benzene rings is 1. The van der Waals surface area contributed by atoms with Crippen molar-refractivity contribution in [2.75, 3.05) is 0 Å². The van der Waals surface area contributed by atoms with Gasteiger partial charge in [-0.15, -0.1) is 0 Å². The van der Waals surface area contributed by atoms with E-state index in [1.165, 1.54) is 12.5 Å². The molecule has 1 aromatic carbocycles. The summed E-state index contributed by atoms with van der Waals surface area (Å²) >= 11 is 0. The van der Waals surface area contributed by atoms with Crippen molar-refractivity contribution in [3.8, 4) is 0 Å². The molecular weight excluding hydrogens is 282 g/mol. The molecule has 1 fully saturated rings. The van der Waals surface area contributed by atoms with Gasteiger partial charge in [0, 0.05) is 6.04 Å². The minimum absolute atomic E-state index is 0.178. The highest BCUT2D eigenvalue weighted by molar-refractivity contribution is 5.29. The second-order valence-corrected chi connectivity index (χ2v) is 5.87. The zero-order valence-electron chi connectivity index (χ0n) is 11.9. The molecular formula is C16H21F4N. The van der Waals surface area contributed by atoms with Crippen LogP contribution >= 0.6 is 0 Å². The van der Waals surface area contributed by atoms with Crippen molar-refractivity contribution < 1.29 is 17.6 Å². The maximum atomic E-state index is 13.3. The van der Waals surface area contributed by atoms with Crippen LogP contribution in [-0.4, -0.2) is 0 Å². The third-order valence-electron chi connectivity index (χ3n) is 4.34. The average molecular weight is 303 g/mol. The van der Waals surface area contributed by atoms with Gasteiger partial charge in [0.05, 0.1) is 5.56 Å². The van der Waals surface area contributed by atoms with Crippen LogP contribution in [0.1, 0.15) is 62.1 Å². The first-order valence-corrected chi connectivity index (χ1v) is 7.52. The summed E-state index contributed by atoms with van der Waals surface area (Å²) in [5.41, 5.74) is 5.33. The van der Waals surface area contributed by atoms with E-state index in [1.54, 1.807) is 0 Å². The van der Waals surface area contributed by atoms with Crippen LogP contribution in [0.4, 0.5) is 17.6 Å². The Balaban J connectivity index is 2.19. The van der Waals surface area contributed by atoms with Crippen molar-refractivity contribution in [1.29, 1.82) is 0 Å². The number of hydrogen-bond acceptors (Lipinski definition) is 1. The van der Waals surface area contributed by atoms with Gasteiger partial charge in [0.15, 0.2) is 0 Å². The molecule has 1 nitrogen and oxygen atoms in total. The van der Waals surface area contributed by atoms with Crippen molar-refractivity contribution >= 4 is 0 Å². The largest absolute Gasteiger partial charge is 0.419 e. The molecule has 0 aliphatic heterocycles. The van der Waals surface area contributed by atoms with Gasteiger partial charge in [-0.25, -0.2) is 4.39 Å². The predicted molar refractivity (Wildman–Crippen MR) is 74.1 cm³/mol. The minimum Gasteiger partial charge on any atom is -0.324 e. The van der Waals surface area contributed by atoms with Crippen molar-refractivity contribution in [2.24, 2.45) is 11.7 Å². The molecule has 2 rings (SSSR count). The van der Waals surface area contributed by atoms with Crippen molar-refractivity contribution in [1.82, 2.24) is 0 Å². The van der Waals surface area contributed by atoms with E-state index in [-0.39, 0.29) is 5.92 Å². The Morgan fingerprint density at radius 3 is 2.14 bits per heavy atom. The Labute approximate surface area is 122 Å². The van der Waals surface area contributed by atoms with Crippen molar-refractivity contribution in [3.05, 3.63) is 35.1 Å². The van der Waals surface area contributed by atoms with Crippen LogP contribution in [0.3, 0.4) is 0 Å². The summed E-state index contributed by atoms with van der Waals surface area (Å²) in [5, 5.41) is 0. The van der Waals surface area contributed by atoms with Gasteiger partial charge in [0.25, 0.3) is 0 Å². The Morgan fingerprint density at radius 1 is 1.00 bits per heavy atom. The summed E-state index contributed by atoms with van der Waals surface area (Å²) in [7, 11) is 0. The third kappa shape index (κ3) is 4.19. The van der Waals surface area contributed by atoms with Gasteiger partial charge < -0.3 is 5.73 Å². The number of hydrogen-bond donors (Lipinski definition) is 1. The quantitative estimate of drug-likeness (QED) is 0.746. The van der Waals surface area contributed by atoms with Gasteiger partial charge in [-0.05, 0) is 36.5 Å². The van der Waals surface area contributed by atoms with Gasteiger partial charge in [-0.1, -0.05) is 38.2 Å². The number of halogens is 4. The summed E-state index contributed by atoms with van der Waals surface area (Å²) in [5.74, 6) is -1.06. The fourth-order valence-corrected chi connectivity index (χ4v) is 3.09. The zero-order valence-corrected chi connectivity index (χ0v) is 11.9. The van der Waals surface area contributed by atoms with Crippen molar-refractivity contribution in [2.45, 2.75) is 57.2 Å². The van der Waals surface area contributed by atoms with Crippen LogP contribution < -0.4 is 5.73 Å². The summed E-state index contributed by atoms with van der Waals surface area (Å²) in [6, 6.07) is 2.68. The lowest BCUT2D eigenvalue weighted by molar-refractivity contribution is -0.140. The molecule has 0 spiro atoms. The van der Waals surface area contributed by atoms with Gasteiger partial charge in [-0.3, -0.25) is 0 Å². The minimum atomic E-state index is -4.68. The van der Waals surface area contributed by atoms with E-state index < -0.39 is 23.6 Å². The second kappa shape index (κ2) is 6.77. The monoisotopic (exact) mass is 303 g/mol. The Kier molecular flexibility index (Phi) is 5.25. The molecule has 2 N–H and O–H groups in total. The standard InChI is InChI=1S/C16H21F4N/c17-14-9-8-12(10-13(14)16(18,19)20)15(21)11-6-4-2-1-3-5-7-11/h8-11,15H,1-7,21H2. The topological polar surface area (TPSA) is 26.0 Å². The van der Waals surface area contributed by atoms with Crippen LogP contribution in [0.15, 0.2) is 18.2 Å². The summed E-state index contributed by atoms with van der Waals surface area (Å²) in [6.07, 6.45) is 2.83. The van der Waals surface area contributed by atoms with E-state index >= 15 is 0 Å². The molecule has 0 heterocycles. The molecule has 1 aliphatic carbocycles. The van der Waals surface area contributed by atoms with Gasteiger partial charge in [0.2, 0.25) is 0 Å². The number of alkyl halides is 3. The summed E-state index contributed by atoms with van der Waals surface area (Å²) < 4.78 is 51.6. The lowest BCUT2D eigenvalue weighted by Crippen LogP contribution is -2.23. The van der Waals surface area contributed by atoms with Gasteiger partial charge in [-0.2, -0.15) is 13.2 Å². The average Bonchev–Trinajstić information content (AvgIpc) is 2.36.